The van der Waals surface area contributed by atoms with Crippen LogP contribution in [-0.4, -0.2) is 29.1 Å². The van der Waals surface area contributed by atoms with Crippen LogP contribution >= 0.6 is 0 Å². The van der Waals surface area contributed by atoms with E-state index in [2.05, 4.69) is 10.6 Å². The molecule has 0 bridgehead atoms. The minimum Gasteiger partial charge on any atom is -0.481 e. The summed E-state index contributed by atoms with van der Waals surface area (Å²) in [6, 6.07) is -2.40. The van der Waals surface area contributed by atoms with Gasteiger partial charge in [0.15, 0.2) is 0 Å². The van der Waals surface area contributed by atoms with Gasteiger partial charge in [0.1, 0.15) is 6.04 Å². The molecule has 6 N–H and O–H groups in total. The molecular weight excluding hydrogens is 182 g/mol. The summed E-state index contributed by atoms with van der Waals surface area (Å²) in [5.41, 5.74) is 11.1. The van der Waals surface area contributed by atoms with E-state index < -0.39 is 30.4 Å². The Morgan fingerprint density at radius 3 is 2.38 bits per heavy atom. The van der Waals surface area contributed by atoms with E-state index in [4.69, 9.17) is 10.8 Å². The molecule has 8 heteroatoms. The number of amides is 2. The van der Waals surface area contributed by atoms with E-state index in [-0.39, 0.29) is 0 Å². The number of carboxylic acid groups (broad SMARTS) is 1. The average molecular weight is 191 g/mol. The Hall–Kier alpha value is -1.83. The largest absolute Gasteiger partial charge is 0.481 e. The normalized spacial score (nSPS) is 11.5. The van der Waals surface area contributed by atoms with E-state index in [9.17, 15) is 14.4 Å². The van der Waals surface area contributed by atoms with Crippen molar-refractivity contribution in [3.63, 3.8) is 0 Å². The second-order valence-electron chi connectivity index (χ2n) is 2.09. The molecule has 0 aromatic carbocycles. The van der Waals surface area contributed by atoms with Crippen molar-refractivity contribution in [2.75, 3.05) is 0 Å². The molecule has 0 aromatic rings. The fraction of sp³-hybridized carbons (Fsp3) is 0.400. The van der Waals surface area contributed by atoms with Crippen LogP contribution in [0, 0.1) is 0 Å². The number of aliphatic carboxylic acids is 1. The number of carboxylic acids is 1. The van der Waals surface area contributed by atoms with E-state index in [1.807, 2.05) is 0 Å². The summed E-state index contributed by atoms with van der Waals surface area (Å²) < 4.78 is 0. The molecule has 0 fully saturated rings. The number of hydroxylamine groups is 1. The zero-order valence-corrected chi connectivity index (χ0v) is 6.52. The van der Waals surface area contributed by atoms with E-state index in [0.29, 0.717) is 0 Å². The molecule has 0 saturated carbocycles. The van der Waals surface area contributed by atoms with Crippen molar-refractivity contribution in [1.82, 2.24) is 5.48 Å². The average Bonchev–Trinajstić information content (AvgIpc) is 1.98. The summed E-state index contributed by atoms with van der Waals surface area (Å²) in [5.74, 6) is -2.32. The highest BCUT2D eigenvalue weighted by Crippen LogP contribution is 1.90. The predicted molar refractivity (Wildman–Crippen MR) is 39.0 cm³/mol. The maximum Gasteiger partial charge on any atom is 0.349 e. The quantitative estimate of drug-likeness (QED) is 0.376. The molecule has 8 nitrogen and oxygen atoms in total. The summed E-state index contributed by atoms with van der Waals surface area (Å²) in [6.45, 7) is 0. The third-order valence-corrected chi connectivity index (χ3v) is 0.949. The van der Waals surface area contributed by atoms with Gasteiger partial charge in [-0.2, -0.15) is 5.48 Å². The Bertz CT molecular complexity index is 228. The first-order valence-corrected chi connectivity index (χ1v) is 3.17. The number of nitrogens with one attached hydrogen (secondary N) is 1. The maximum absolute atomic E-state index is 10.7. The Balaban J connectivity index is 3.82. The monoisotopic (exact) mass is 191 g/mol. The molecule has 1 atom stereocenters. The number of rotatable bonds is 3. The third kappa shape index (κ3) is 5.44. The molecule has 0 spiro atoms. The van der Waals surface area contributed by atoms with E-state index in [1.54, 1.807) is 0 Å². The molecule has 74 valence electrons. The van der Waals surface area contributed by atoms with Crippen molar-refractivity contribution in [2.45, 2.75) is 12.5 Å². The van der Waals surface area contributed by atoms with Crippen LogP contribution in [0.2, 0.25) is 0 Å². The number of urea groups is 1. The first kappa shape index (κ1) is 11.2. The first-order chi connectivity index (χ1) is 5.93. The lowest BCUT2D eigenvalue weighted by Gasteiger charge is -2.07. The van der Waals surface area contributed by atoms with Gasteiger partial charge in [-0.05, 0) is 0 Å². The smallest absolute Gasteiger partial charge is 0.349 e. The first-order valence-electron chi connectivity index (χ1n) is 3.17. The second kappa shape index (κ2) is 4.93. The lowest BCUT2D eigenvalue weighted by atomic mass is 10.2. The highest BCUT2D eigenvalue weighted by molar-refractivity contribution is 5.82. The molecule has 13 heavy (non-hydrogen) atoms. The highest BCUT2D eigenvalue weighted by Gasteiger charge is 2.19. The van der Waals surface area contributed by atoms with Crippen LogP contribution in [0.4, 0.5) is 4.79 Å². The second-order valence-corrected chi connectivity index (χ2v) is 2.09. The lowest BCUT2D eigenvalue weighted by molar-refractivity contribution is -0.153. The Morgan fingerprint density at radius 2 is 2.00 bits per heavy atom. The van der Waals surface area contributed by atoms with Crippen LogP contribution in [0.15, 0.2) is 0 Å². The predicted octanol–water partition coefficient (Wildman–Crippen LogP) is -2.09. The Morgan fingerprint density at radius 1 is 1.46 bits per heavy atom. The van der Waals surface area contributed by atoms with Gasteiger partial charge in [0.2, 0.25) is 0 Å². The number of carbonyl (C=O) groups is 3. The van der Waals surface area contributed by atoms with E-state index in [0.717, 1.165) is 0 Å². The summed E-state index contributed by atoms with van der Waals surface area (Å²) in [4.78, 5) is 34.8. The molecule has 0 saturated heterocycles. The number of nitrogens with two attached hydrogens (primary N) is 2. The molecule has 0 heterocycles. The number of hydrogen-bond acceptors (Lipinski definition) is 5. The molecule has 0 aliphatic rings. The van der Waals surface area contributed by atoms with Gasteiger partial charge in [0.25, 0.3) is 0 Å². The van der Waals surface area contributed by atoms with Gasteiger partial charge in [0.05, 0.1) is 6.42 Å². The molecule has 0 rings (SSSR count). The summed E-state index contributed by atoms with van der Waals surface area (Å²) in [6.07, 6.45) is -0.584. The summed E-state index contributed by atoms with van der Waals surface area (Å²) >= 11 is 0. The fourth-order valence-corrected chi connectivity index (χ4v) is 0.448. The van der Waals surface area contributed by atoms with Gasteiger partial charge < -0.3 is 21.4 Å². The molecule has 2 amide bonds. The van der Waals surface area contributed by atoms with Gasteiger partial charge in [-0.3, -0.25) is 4.79 Å². The van der Waals surface area contributed by atoms with Crippen LogP contribution in [0.1, 0.15) is 6.42 Å². The summed E-state index contributed by atoms with van der Waals surface area (Å²) in [7, 11) is 0. The van der Waals surface area contributed by atoms with Crippen LogP contribution < -0.4 is 16.9 Å². The van der Waals surface area contributed by atoms with Crippen molar-refractivity contribution in [3.05, 3.63) is 0 Å². The molecule has 0 aromatic heterocycles. The number of primary amides is 1. The van der Waals surface area contributed by atoms with Gasteiger partial charge in [0, 0.05) is 0 Å². The van der Waals surface area contributed by atoms with Crippen molar-refractivity contribution >= 4 is 18.0 Å². The van der Waals surface area contributed by atoms with Crippen molar-refractivity contribution < 1.29 is 24.3 Å². The standard InChI is InChI=1S/C5H9N3O5/c6-2(1-3(9)10)4(11)13-8-5(7)12/h2H,1,6H2,(H,9,10)(H3,7,8,12)/t2-/m0/s1. The lowest BCUT2D eigenvalue weighted by Crippen LogP contribution is -2.40. The SMILES string of the molecule is NC(=O)NOC(=O)[C@@H](N)CC(=O)O. The zero-order valence-electron chi connectivity index (χ0n) is 6.52. The van der Waals surface area contributed by atoms with Crippen LogP contribution in [0.25, 0.3) is 0 Å². The van der Waals surface area contributed by atoms with E-state index >= 15 is 0 Å². The maximum atomic E-state index is 10.7. The Kier molecular flexibility index (Phi) is 4.24. The minimum absolute atomic E-state index is 0.584. The minimum atomic E-state index is -1.33. The zero-order chi connectivity index (χ0) is 10.4. The van der Waals surface area contributed by atoms with Crippen molar-refractivity contribution in [1.29, 1.82) is 0 Å². The Labute approximate surface area is 72.8 Å². The van der Waals surface area contributed by atoms with E-state index in [1.165, 1.54) is 5.48 Å². The van der Waals surface area contributed by atoms with Gasteiger partial charge in [-0.15, -0.1) is 0 Å². The van der Waals surface area contributed by atoms with Crippen molar-refractivity contribution in [2.24, 2.45) is 11.5 Å². The molecular formula is C5H9N3O5. The number of carbonyl (C=O) groups excluding carboxylic acids is 2. The van der Waals surface area contributed by atoms with Gasteiger partial charge in [-0.1, -0.05) is 0 Å². The fourth-order valence-electron chi connectivity index (χ4n) is 0.448. The third-order valence-electron chi connectivity index (χ3n) is 0.949. The molecule has 0 aliphatic heterocycles. The topological polar surface area (TPSA) is 145 Å². The number of hydrogen-bond donors (Lipinski definition) is 4. The highest BCUT2D eigenvalue weighted by atomic mass is 16.7. The molecule has 0 unspecified atom stereocenters. The molecule has 0 radical (unpaired) electrons. The van der Waals surface area contributed by atoms with Gasteiger partial charge >= 0.3 is 18.0 Å². The van der Waals surface area contributed by atoms with Crippen LogP contribution in [-0.2, 0) is 14.4 Å². The van der Waals surface area contributed by atoms with Crippen LogP contribution in [0.3, 0.4) is 0 Å². The summed E-state index contributed by atoms with van der Waals surface area (Å²) in [5, 5.41) is 8.21. The van der Waals surface area contributed by atoms with Crippen molar-refractivity contribution in [3.8, 4) is 0 Å². The molecule has 0 aliphatic carbocycles. The van der Waals surface area contributed by atoms with Crippen LogP contribution in [0.5, 0.6) is 0 Å². The van der Waals surface area contributed by atoms with Gasteiger partial charge in [-0.25, -0.2) is 9.59 Å².